The molecule has 0 atom stereocenters. The lowest BCUT2D eigenvalue weighted by molar-refractivity contribution is -0.117. The minimum Gasteiger partial charge on any atom is -0.338 e. The Hall–Kier alpha value is -2.87. The zero-order chi connectivity index (χ0) is 18.3. The molecule has 0 bridgehead atoms. The molecular formula is C17H19N3O4S. The Labute approximate surface area is 146 Å². The van der Waals surface area contributed by atoms with Crippen molar-refractivity contribution in [3.05, 3.63) is 60.2 Å². The highest BCUT2D eigenvalue weighted by Gasteiger charge is 2.16. The number of hydrogen-bond donors (Lipinski definition) is 3. The second-order valence-electron chi connectivity index (χ2n) is 5.31. The van der Waals surface area contributed by atoms with Crippen molar-refractivity contribution >= 4 is 27.6 Å². The number of amides is 3. The molecule has 3 N–H and O–H groups in total. The summed E-state index contributed by atoms with van der Waals surface area (Å²) in [6, 6.07) is 14.9. The molecule has 2 rings (SSSR count). The lowest BCUT2D eigenvalue weighted by Crippen LogP contribution is -2.31. The van der Waals surface area contributed by atoms with E-state index in [-0.39, 0.29) is 4.90 Å². The van der Waals surface area contributed by atoms with Crippen LogP contribution in [0, 0.1) is 0 Å². The maximum Gasteiger partial charge on any atom is 0.319 e. The van der Waals surface area contributed by atoms with Crippen molar-refractivity contribution in [2.45, 2.75) is 18.2 Å². The van der Waals surface area contributed by atoms with Gasteiger partial charge in [0.15, 0.2) is 0 Å². The number of carbonyl (C=O) groups is 2. The van der Waals surface area contributed by atoms with Crippen LogP contribution in [0.2, 0.25) is 0 Å². The van der Waals surface area contributed by atoms with Crippen LogP contribution in [0.3, 0.4) is 0 Å². The Balaban J connectivity index is 1.93. The molecule has 0 heterocycles. The first-order chi connectivity index (χ1) is 11.9. The fraction of sp³-hybridized carbons (Fsp3) is 0.176. The molecule has 0 unspecified atom stereocenters. The maximum absolute atomic E-state index is 11.9. The summed E-state index contributed by atoms with van der Waals surface area (Å²) in [6.07, 6.45) is 0.686. The van der Waals surface area contributed by atoms with Crippen LogP contribution in [0.25, 0.3) is 0 Å². The summed E-state index contributed by atoms with van der Waals surface area (Å²) in [4.78, 5) is 22.8. The summed E-state index contributed by atoms with van der Waals surface area (Å²) in [6.45, 7) is 1.56. The van der Waals surface area contributed by atoms with Crippen molar-refractivity contribution in [2.24, 2.45) is 0 Å². The third kappa shape index (κ3) is 5.92. The Bertz CT molecular complexity index is 851. The lowest BCUT2D eigenvalue weighted by Gasteiger charge is -2.10. The molecule has 8 heteroatoms. The average Bonchev–Trinajstić information content (AvgIpc) is 2.55. The molecule has 0 radical (unpaired) electrons. The van der Waals surface area contributed by atoms with E-state index in [9.17, 15) is 18.0 Å². The van der Waals surface area contributed by atoms with Crippen LogP contribution in [0.5, 0.6) is 0 Å². The Kier molecular flexibility index (Phi) is 6.13. The van der Waals surface area contributed by atoms with E-state index in [1.54, 1.807) is 6.07 Å². The first kappa shape index (κ1) is 18.5. The van der Waals surface area contributed by atoms with Crippen molar-refractivity contribution in [3.8, 4) is 0 Å². The SMILES string of the molecule is CC(=O)NS(=O)(=O)c1cccc(NC(=O)NCCc2ccccc2)c1. The fourth-order valence-electron chi connectivity index (χ4n) is 2.13. The van der Waals surface area contributed by atoms with Crippen molar-refractivity contribution < 1.29 is 18.0 Å². The van der Waals surface area contributed by atoms with Crippen molar-refractivity contribution in [3.63, 3.8) is 0 Å². The monoisotopic (exact) mass is 361 g/mol. The average molecular weight is 361 g/mol. The van der Waals surface area contributed by atoms with Gasteiger partial charge in [0, 0.05) is 19.2 Å². The van der Waals surface area contributed by atoms with E-state index in [0.717, 1.165) is 12.5 Å². The predicted molar refractivity (Wildman–Crippen MR) is 94.6 cm³/mol. The minimum absolute atomic E-state index is 0.107. The molecule has 0 fully saturated rings. The second kappa shape index (κ2) is 8.29. The standard InChI is InChI=1S/C17H19N3O4S/c1-13(21)20-25(23,24)16-9-5-8-15(12-16)19-17(22)18-11-10-14-6-3-2-4-7-14/h2-9,12H,10-11H2,1H3,(H,20,21)(H2,18,19,22). The highest BCUT2D eigenvalue weighted by Crippen LogP contribution is 2.15. The molecule has 0 aliphatic heterocycles. The normalized spacial score (nSPS) is 10.8. The smallest absolute Gasteiger partial charge is 0.319 e. The highest BCUT2D eigenvalue weighted by molar-refractivity contribution is 7.90. The molecule has 2 aromatic carbocycles. The van der Waals surface area contributed by atoms with Gasteiger partial charge in [0.1, 0.15) is 0 Å². The van der Waals surface area contributed by atoms with E-state index >= 15 is 0 Å². The van der Waals surface area contributed by atoms with Gasteiger partial charge < -0.3 is 10.6 Å². The second-order valence-corrected chi connectivity index (χ2v) is 6.99. The molecular weight excluding hydrogens is 342 g/mol. The van der Waals surface area contributed by atoms with Crippen LogP contribution < -0.4 is 15.4 Å². The molecule has 7 nitrogen and oxygen atoms in total. The quantitative estimate of drug-likeness (QED) is 0.730. The van der Waals surface area contributed by atoms with Gasteiger partial charge in [-0.25, -0.2) is 17.9 Å². The molecule has 0 saturated heterocycles. The van der Waals surface area contributed by atoms with E-state index < -0.39 is 22.0 Å². The molecule has 25 heavy (non-hydrogen) atoms. The topological polar surface area (TPSA) is 104 Å². The van der Waals surface area contributed by atoms with Gasteiger partial charge in [-0.3, -0.25) is 4.79 Å². The number of carbonyl (C=O) groups excluding carboxylic acids is 2. The van der Waals surface area contributed by atoms with Crippen LogP contribution in [0.4, 0.5) is 10.5 Å². The summed E-state index contributed by atoms with van der Waals surface area (Å²) in [5.74, 6) is -0.683. The molecule has 0 spiro atoms. The molecule has 0 saturated carbocycles. The lowest BCUT2D eigenvalue weighted by atomic mass is 10.1. The van der Waals surface area contributed by atoms with Gasteiger partial charge in [-0.05, 0) is 30.2 Å². The number of nitrogens with one attached hydrogen (secondary N) is 3. The summed E-state index contributed by atoms with van der Waals surface area (Å²) >= 11 is 0. The first-order valence-electron chi connectivity index (χ1n) is 7.59. The van der Waals surface area contributed by atoms with Gasteiger partial charge in [0.2, 0.25) is 5.91 Å². The Morgan fingerprint density at radius 2 is 1.72 bits per heavy atom. The molecule has 0 aliphatic rings. The fourth-order valence-corrected chi connectivity index (χ4v) is 3.17. The van der Waals surface area contributed by atoms with Gasteiger partial charge in [-0.15, -0.1) is 0 Å². The van der Waals surface area contributed by atoms with E-state index in [0.29, 0.717) is 18.7 Å². The summed E-state index contributed by atoms with van der Waals surface area (Å²) < 4.78 is 25.8. The predicted octanol–water partition coefficient (Wildman–Crippen LogP) is 1.88. The van der Waals surface area contributed by atoms with Crippen LogP contribution >= 0.6 is 0 Å². The van der Waals surface area contributed by atoms with E-state index in [1.165, 1.54) is 18.2 Å². The first-order valence-corrected chi connectivity index (χ1v) is 9.07. The molecule has 132 valence electrons. The van der Waals surface area contributed by atoms with Crippen LogP contribution in [0.1, 0.15) is 12.5 Å². The number of benzene rings is 2. The summed E-state index contributed by atoms with van der Waals surface area (Å²) in [5.41, 5.74) is 1.41. The number of hydrogen-bond acceptors (Lipinski definition) is 4. The zero-order valence-corrected chi connectivity index (χ0v) is 14.5. The number of urea groups is 1. The zero-order valence-electron chi connectivity index (χ0n) is 13.7. The van der Waals surface area contributed by atoms with Crippen LogP contribution in [-0.4, -0.2) is 26.9 Å². The highest BCUT2D eigenvalue weighted by atomic mass is 32.2. The van der Waals surface area contributed by atoms with E-state index in [2.05, 4.69) is 10.6 Å². The molecule has 0 aliphatic carbocycles. The summed E-state index contributed by atoms with van der Waals surface area (Å²) in [5, 5.41) is 5.27. The maximum atomic E-state index is 11.9. The van der Waals surface area contributed by atoms with Gasteiger partial charge >= 0.3 is 6.03 Å². The molecule has 0 aromatic heterocycles. The van der Waals surface area contributed by atoms with Gasteiger partial charge in [-0.2, -0.15) is 0 Å². The van der Waals surface area contributed by atoms with Crippen LogP contribution in [0.15, 0.2) is 59.5 Å². The third-order valence-electron chi connectivity index (χ3n) is 3.22. The number of rotatable bonds is 6. The van der Waals surface area contributed by atoms with Crippen molar-refractivity contribution in [2.75, 3.05) is 11.9 Å². The molecule has 2 aromatic rings. The summed E-state index contributed by atoms with van der Waals surface area (Å²) in [7, 11) is -3.94. The third-order valence-corrected chi connectivity index (χ3v) is 4.65. The van der Waals surface area contributed by atoms with Crippen molar-refractivity contribution in [1.29, 1.82) is 0 Å². The largest absolute Gasteiger partial charge is 0.338 e. The van der Waals surface area contributed by atoms with Crippen LogP contribution in [-0.2, 0) is 21.2 Å². The van der Waals surface area contributed by atoms with E-state index in [4.69, 9.17) is 0 Å². The van der Waals surface area contributed by atoms with Gasteiger partial charge in [0.25, 0.3) is 10.0 Å². The minimum atomic E-state index is -3.94. The Morgan fingerprint density at radius 1 is 1.00 bits per heavy atom. The van der Waals surface area contributed by atoms with Gasteiger partial charge in [-0.1, -0.05) is 36.4 Å². The number of anilines is 1. The molecule has 3 amide bonds. The number of sulfonamides is 1. The van der Waals surface area contributed by atoms with E-state index in [1.807, 2.05) is 35.1 Å². The Morgan fingerprint density at radius 3 is 2.40 bits per heavy atom. The van der Waals surface area contributed by atoms with Crippen molar-refractivity contribution in [1.82, 2.24) is 10.0 Å². The van der Waals surface area contributed by atoms with Gasteiger partial charge in [0.05, 0.1) is 4.90 Å².